The lowest BCUT2D eigenvalue weighted by Gasteiger charge is -2.21. The Labute approximate surface area is 168 Å². The number of aliphatic carboxylic acids is 1. The number of unbranched alkanes of at least 4 members (excludes halogenated alkanes) is 3. The summed E-state index contributed by atoms with van der Waals surface area (Å²) in [5.41, 5.74) is 0.890. The molecule has 0 aliphatic rings. The topological polar surface area (TPSA) is 76.1 Å². The molecule has 29 heavy (non-hydrogen) atoms. The molecule has 1 amide bonds. The van der Waals surface area contributed by atoms with E-state index in [0.29, 0.717) is 38.0 Å². The van der Waals surface area contributed by atoms with Gasteiger partial charge in [-0.05, 0) is 37.0 Å². The third-order valence-corrected chi connectivity index (χ3v) is 4.25. The molecule has 0 radical (unpaired) electrons. The van der Waals surface area contributed by atoms with Crippen molar-refractivity contribution in [2.45, 2.75) is 51.1 Å². The number of hydrogen-bond acceptors (Lipinski definition) is 4. The summed E-state index contributed by atoms with van der Waals surface area (Å²) in [7, 11) is 1.27. The largest absolute Gasteiger partial charge is 0.492 e. The predicted molar refractivity (Wildman–Crippen MR) is 101 cm³/mol. The second-order valence-electron chi connectivity index (χ2n) is 6.62. The first-order valence-corrected chi connectivity index (χ1v) is 9.54. The van der Waals surface area contributed by atoms with Crippen molar-refractivity contribution in [2.75, 3.05) is 26.8 Å². The smallest absolute Gasteiger partial charge is 0.409 e. The lowest BCUT2D eigenvalue weighted by molar-refractivity contribution is -0.137. The van der Waals surface area contributed by atoms with Crippen LogP contribution in [0, 0.1) is 0 Å². The van der Waals surface area contributed by atoms with Crippen molar-refractivity contribution in [3.05, 3.63) is 29.8 Å². The van der Waals surface area contributed by atoms with Crippen LogP contribution in [0.5, 0.6) is 5.75 Å². The molecule has 0 saturated heterocycles. The first-order valence-electron chi connectivity index (χ1n) is 9.54. The van der Waals surface area contributed by atoms with Crippen LogP contribution in [0.3, 0.4) is 0 Å². The Morgan fingerprint density at radius 2 is 1.69 bits per heavy atom. The van der Waals surface area contributed by atoms with E-state index in [9.17, 15) is 22.8 Å². The monoisotopic (exact) mass is 419 g/mol. The molecule has 1 aromatic rings. The minimum atomic E-state index is -4.12. The van der Waals surface area contributed by atoms with Gasteiger partial charge in [-0.25, -0.2) is 4.79 Å². The van der Waals surface area contributed by atoms with E-state index in [4.69, 9.17) is 14.6 Å². The number of carbonyl (C=O) groups excluding carboxylic acids is 1. The highest BCUT2D eigenvalue weighted by molar-refractivity contribution is 5.67. The van der Waals surface area contributed by atoms with E-state index in [1.165, 1.54) is 12.0 Å². The zero-order valence-corrected chi connectivity index (χ0v) is 16.5. The standard InChI is InChI=1S/C20H28F3NO5/c1-28-19(27)24(13-5-3-2-4-12-20(21,22)23)14-15-29-17-9-6-16(7-10-17)8-11-18(25)26/h6-7,9-10H,2-5,8,11-15H2,1H3,(H,25,26). The van der Waals surface area contributed by atoms with E-state index in [2.05, 4.69) is 0 Å². The Morgan fingerprint density at radius 1 is 1.03 bits per heavy atom. The summed E-state index contributed by atoms with van der Waals surface area (Å²) >= 11 is 0. The maximum absolute atomic E-state index is 12.1. The van der Waals surface area contributed by atoms with Crippen molar-refractivity contribution in [2.24, 2.45) is 0 Å². The Hall–Kier alpha value is -2.45. The van der Waals surface area contributed by atoms with Crippen LogP contribution in [0.15, 0.2) is 24.3 Å². The summed E-state index contributed by atoms with van der Waals surface area (Å²) in [5, 5.41) is 8.69. The van der Waals surface area contributed by atoms with Gasteiger partial charge in [0.25, 0.3) is 0 Å². The van der Waals surface area contributed by atoms with Crippen LogP contribution in [0.25, 0.3) is 0 Å². The van der Waals surface area contributed by atoms with E-state index in [0.717, 1.165) is 5.56 Å². The van der Waals surface area contributed by atoms with Gasteiger partial charge in [0.1, 0.15) is 12.4 Å². The molecule has 0 unspecified atom stereocenters. The minimum absolute atomic E-state index is 0.0600. The summed E-state index contributed by atoms with van der Waals surface area (Å²) in [6, 6.07) is 7.05. The van der Waals surface area contributed by atoms with E-state index < -0.39 is 24.7 Å². The molecule has 0 fully saturated rings. The molecule has 0 spiro atoms. The van der Waals surface area contributed by atoms with Crippen molar-refractivity contribution >= 4 is 12.1 Å². The molecule has 1 aromatic carbocycles. The van der Waals surface area contributed by atoms with Crippen LogP contribution < -0.4 is 4.74 Å². The van der Waals surface area contributed by atoms with Crippen molar-refractivity contribution in [1.82, 2.24) is 4.90 Å². The van der Waals surface area contributed by atoms with Gasteiger partial charge in [-0.1, -0.05) is 25.0 Å². The number of nitrogens with zero attached hydrogens (tertiary/aromatic N) is 1. The number of amides is 1. The number of aryl methyl sites for hydroxylation is 1. The number of halogens is 3. The van der Waals surface area contributed by atoms with Crippen molar-refractivity contribution in [1.29, 1.82) is 0 Å². The molecule has 0 bridgehead atoms. The number of carboxylic acids is 1. The van der Waals surface area contributed by atoms with Gasteiger partial charge >= 0.3 is 18.2 Å². The number of carboxylic acid groups (broad SMARTS) is 1. The Bertz CT molecular complexity index is 620. The highest BCUT2D eigenvalue weighted by atomic mass is 19.4. The van der Waals surface area contributed by atoms with Gasteiger partial charge in [-0.3, -0.25) is 4.79 Å². The molecular formula is C20H28F3NO5. The van der Waals surface area contributed by atoms with Crippen molar-refractivity contribution in [3.63, 3.8) is 0 Å². The fourth-order valence-corrected chi connectivity index (χ4v) is 2.68. The Morgan fingerprint density at radius 3 is 2.28 bits per heavy atom. The van der Waals surface area contributed by atoms with Crippen LogP contribution in [-0.4, -0.2) is 55.1 Å². The lowest BCUT2D eigenvalue weighted by atomic mass is 10.1. The number of carbonyl (C=O) groups is 2. The summed E-state index contributed by atoms with van der Waals surface area (Å²) in [4.78, 5) is 23.9. The number of methoxy groups -OCH3 is 1. The van der Waals surface area contributed by atoms with Crippen LogP contribution >= 0.6 is 0 Å². The summed E-state index contributed by atoms with van der Waals surface area (Å²) in [5.74, 6) is -0.255. The molecule has 0 aromatic heterocycles. The quantitative estimate of drug-likeness (QED) is 0.471. The molecule has 0 heterocycles. The maximum Gasteiger partial charge on any atom is 0.409 e. The van der Waals surface area contributed by atoms with Crippen molar-refractivity contribution in [3.8, 4) is 5.75 Å². The van der Waals surface area contributed by atoms with Gasteiger partial charge in [0.2, 0.25) is 0 Å². The normalized spacial score (nSPS) is 11.2. The van der Waals surface area contributed by atoms with Crippen LogP contribution in [0.2, 0.25) is 0 Å². The molecule has 164 valence electrons. The van der Waals surface area contributed by atoms with E-state index in [1.54, 1.807) is 24.3 Å². The van der Waals surface area contributed by atoms with Gasteiger partial charge < -0.3 is 19.5 Å². The first-order chi connectivity index (χ1) is 13.7. The molecule has 0 saturated carbocycles. The van der Waals surface area contributed by atoms with Gasteiger partial charge in [-0.15, -0.1) is 0 Å². The minimum Gasteiger partial charge on any atom is -0.492 e. The number of alkyl halides is 3. The predicted octanol–water partition coefficient (Wildman–Crippen LogP) is 4.66. The highest BCUT2D eigenvalue weighted by Crippen LogP contribution is 2.23. The summed E-state index contributed by atoms with van der Waals surface area (Å²) in [6.45, 7) is 0.907. The maximum atomic E-state index is 12.1. The molecule has 0 aliphatic carbocycles. The second-order valence-corrected chi connectivity index (χ2v) is 6.62. The van der Waals surface area contributed by atoms with Crippen molar-refractivity contribution < 1.29 is 37.3 Å². The molecule has 6 nitrogen and oxygen atoms in total. The van der Waals surface area contributed by atoms with Crippen LogP contribution in [0.4, 0.5) is 18.0 Å². The lowest BCUT2D eigenvalue weighted by Crippen LogP contribution is -2.35. The number of ether oxygens (including phenoxy) is 2. The van der Waals surface area contributed by atoms with E-state index >= 15 is 0 Å². The molecular weight excluding hydrogens is 391 g/mol. The van der Waals surface area contributed by atoms with Gasteiger partial charge in [0.15, 0.2) is 0 Å². The van der Waals surface area contributed by atoms with Crippen LogP contribution in [0.1, 0.15) is 44.1 Å². The average molecular weight is 419 g/mol. The molecule has 0 aliphatic heterocycles. The Kier molecular flexibility index (Phi) is 10.9. The second kappa shape index (κ2) is 12.9. The fourth-order valence-electron chi connectivity index (χ4n) is 2.68. The van der Waals surface area contributed by atoms with Gasteiger partial charge in [0, 0.05) is 19.4 Å². The van der Waals surface area contributed by atoms with E-state index in [-0.39, 0.29) is 26.0 Å². The number of hydrogen-bond donors (Lipinski definition) is 1. The zero-order valence-electron chi connectivity index (χ0n) is 16.5. The van der Waals surface area contributed by atoms with E-state index in [1.807, 2.05) is 0 Å². The molecule has 9 heteroatoms. The number of benzene rings is 1. The highest BCUT2D eigenvalue weighted by Gasteiger charge is 2.25. The SMILES string of the molecule is COC(=O)N(CCCCCCC(F)(F)F)CCOc1ccc(CCC(=O)O)cc1. The fraction of sp³-hybridized carbons (Fsp3) is 0.600. The zero-order chi connectivity index (χ0) is 21.7. The van der Waals surface area contributed by atoms with Crippen LogP contribution in [-0.2, 0) is 16.0 Å². The third-order valence-electron chi connectivity index (χ3n) is 4.25. The Balaban J connectivity index is 2.32. The third kappa shape index (κ3) is 11.9. The number of rotatable bonds is 13. The molecule has 0 atom stereocenters. The molecule has 1 rings (SSSR count). The summed E-state index contributed by atoms with van der Waals surface area (Å²) < 4.78 is 46.7. The average Bonchev–Trinajstić information content (AvgIpc) is 2.67. The first kappa shape index (κ1) is 24.6. The molecule has 1 N–H and O–H groups in total. The van der Waals surface area contributed by atoms with Gasteiger partial charge in [-0.2, -0.15) is 13.2 Å². The van der Waals surface area contributed by atoms with Gasteiger partial charge in [0.05, 0.1) is 13.7 Å². The summed E-state index contributed by atoms with van der Waals surface area (Å²) in [6.07, 6.45) is -3.17.